The van der Waals surface area contributed by atoms with Crippen LogP contribution in [0.4, 0.5) is 0 Å². The van der Waals surface area contributed by atoms with Crippen LogP contribution in [-0.2, 0) is 14.3 Å². The van der Waals surface area contributed by atoms with E-state index in [4.69, 9.17) is 9.84 Å². The molecule has 0 saturated carbocycles. The van der Waals surface area contributed by atoms with Crippen LogP contribution in [0.3, 0.4) is 0 Å². The van der Waals surface area contributed by atoms with Gasteiger partial charge < -0.3 is 14.7 Å². The van der Waals surface area contributed by atoms with E-state index in [1.54, 1.807) is 18.7 Å². The highest BCUT2D eigenvalue weighted by molar-refractivity contribution is 5.84. The van der Waals surface area contributed by atoms with Crippen LogP contribution in [0.25, 0.3) is 0 Å². The Morgan fingerprint density at radius 1 is 1.50 bits per heavy atom. The van der Waals surface area contributed by atoms with Gasteiger partial charge in [-0.3, -0.25) is 9.59 Å². The van der Waals surface area contributed by atoms with Gasteiger partial charge in [-0.05, 0) is 20.8 Å². The summed E-state index contributed by atoms with van der Waals surface area (Å²) >= 11 is 0. The van der Waals surface area contributed by atoms with Gasteiger partial charge in [-0.25, -0.2) is 0 Å². The highest BCUT2D eigenvalue weighted by Gasteiger charge is 2.34. The van der Waals surface area contributed by atoms with Gasteiger partial charge in [0.25, 0.3) is 0 Å². The Balaban J connectivity index is 2.61. The first-order valence-electron chi connectivity index (χ1n) is 5.45. The van der Waals surface area contributed by atoms with Crippen LogP contribution in [0.1, 0.15) is 27.2 Å². The second-order valence-electron chi connectivity index (χ2n) is 4.88. The molecular weight excluding hydrogens is 210 g/mol. The minimum absolute atomic E-state index is 0.0332. The lowest BCUT2D eigenvalue weighted by atomic mass is 9.88. The number of rotatable bonds is 3. The Bertz CT molecular complexity index is 288. The molecule has 0 aromatic rings. The van der Waals surface area contributed by atoms with E-state index in [9.17, 15) is 9.59 Å². The van der Waals surface area contributed by atoms with Crippen molar-refractivity contribution in [2.75, 3.05) is 19.8 Å². The molecule has 1 amide bonds. The van der Waals surface area contributed by atoms with E-state index in [2.05, 4.69) is 0 Å². The summed E-state index contributed by atoms with van der Waals surface area (Å²) in [5, 5.41) is 8.96. The van der Waals surface area contributed by atoms with Crippen LogP contribution in [0.15, 0.2) is 0 Å². The van der Waals surface area contributed by atoms with E-state index in [-0.39, 0.29) is 18.4 Å². The summed E-state index contributed by atoms with van der Waals surface area (Å²) in [6.45, 7) is 6.65. The number of carbonyl (C=O) groups excluding carboxylic acids is 1. The highest BCUT2D eigenvalue weighted by Crippen LogP contribution is 2.23. The van der Waals surface area contributed by atoms with Gasteiger partial charge in [-0.1, -0.05) is 0 Å². The largest absolute Gasteiger partial charge is 0.481 e. The van der Waals surface area contributed by atoms with Gasteiger partial charge in [0, 0.05) is 13.0 Å². The molecule has 1 aliphatic heterocycles. The van der Waals surface area contributed by atoms with Crippen molar-refractivity contribution in [3.8, 4) is 0 Å². The van der Waals surface area contributed by atoms with Gasteiger partial charge in [0.05, 0.1) is 24.7 Å². The van der Waals surface area contributed by atoms with Crippen molar-refractivity contribution in [1.82, 2.24) is 4.90 Å². The van der Waals surface area contributed by atoms with E-state index < -0.39 is 11.4 Å². The average Bonchev–Trinajstić information content (AvgIpc) is 2.17. The van der Waals surface area contributed by atoms with Gasteiger partial charge in [0.15, 0.2) is 0 Å². The number of carboxylic acids is 1. The smallest absolute Gasteiger partial charge is 0.309 e. The molecule has 5 nitrogen and oxygen atoms in total. The molecule has 92 valence electrons. The number of hydrogen-bond acceptors (Lipinski definition) is 3. The average molecular weight is 229 g/mol. The lowest BCUT2D eigenvalue weighted by Gasteiger charge is -2.35. The minimum Gasteiger partial charge on any atom is -0.481 e. The molecule has 1 aliphatic rings. The van der Waals surface area contributed by atoms with Crippen molar-refractivity contribution < 1.29 is 19.4 Å². The van der Waals surface area contributed by atoms with Crippen molar-refractivity contribution in [2.45, 2.75) is 33.2 Å². The van der Waals surface area contributed by atoms with Crippen LogP contribution in [0.2, 0.25) is 0 Å². The fourth-order valence-electron chi connectivity index (χ4n) is 1.65. The van der Waals surface area contributed by atoms with Crippen molar-refractivity contribution in [1.29, 1.82) is 0 Å². The molecule has 0 bridgehead atoms. The quantitative estimate of drug-likeness (QED) is 0.775. The molecular formula is C11H19NO4. The zero-order chi connectivity index (χ0) is 12.3. The van der Waals surface area contributed by atoms with E-state index in [1.807, 2.05) is 6.92 Å². The topological polar surface area (TPSA) is 66.8 Å². The maximum Gasteiger partial charge on any atom is 0.309 e. The predicted molar refractivity (Wildman–Crippen MR) is 58.0 cm³/mol. The molecule has 1 saturated heterocycles. The summed E-state index contributed by atoms with van der Waals surface area (Å²) in [5.41, 5.74) is -1.00. The van der Waals surface area contributed by atoms with E-state index in [0.29, 0.717) is 19.8 Å². The molecule has 16 heavy (non-hydrogen) atoms. The maximum atomic E-state index is 11.9. The van der Waals surface area contributed by atoms with Crippen molar-refractivity contribution in [3.05, 3.63) is 0 Å². The monoisotopic (exact) mass is 229 g/mol. The number of ether oxygens (including phenoxy) is 1. The van der Waals surface area contributed by atoms with E-state index in [0.717, 1.165) is 0 Å². The first-order valence-corrected chi connectivity index (χ1v) is 5.45. The first kappa shape index (κ1) is 13.0. The number of hydrogen-bond donors (Lipinski definition) is 1. The van der Waals surface area contributed by atoms with Crippen LogP contribution in [-0.4, -0.2) is 47.7 Å². The number of carbonyl (C=O) groups is 2. The van der Waals surface area contributed by atoms with Crippen LogP contribution < -0.4 is 0 Å². The molecule has 0 radical (unpaired) electrons. The fourth-order valence-corrected chi connectivity index (χ4v) is 1.65. The summed E-state index contributed by atoms with van der Waals surface area (Å²) in [6.07, 6.45) is 0.0344. The molecule has 1 rings (SSSR count). The van der Waals surface area contributed by atoms with E-state index in [1.165, 1.54) is 0 Å². The van der Waals surface area contributed by atoms with Crippen LogP contribution >= 0.6 is 0 Å². The van der Waals surface area contributed by atoms with Crippen molar-refractivity contribution >= 4 is 11.9 Å². The third-order valence-corrected chi connectivity index (χ3v) is 2.86. The predicted octanol–water partition coefficient (Wildman–Crippen LogP) is 0.735. The Labute approximate surface area is 95.4 Å². The number of nitrogens with zero attached hydrogens (tertiary/aromatic N) is 1. The van der Waals surface area contributed by atoms with Crippen LogP contribution in [0.5, 0.6) is 0 Å². The second-order valence-corrected chi connectivity index (χ2v) is 4.88. The lowest BCUT2D eigenvalue weighted by molar-refractivity contribution is -0.153. The van der Waals surface area contributed by atoms with Gasteiger partial charge in [0.2, 0.25) is 5.91 Å². The molecule has 0 aliphatic carbocycles. The molecule has 0 aromatic carbocycles. The summed E-state index contributed by atoms with van der Waals surface area (Å²) in [4.78, 5) is 24.6. The Morgan fingerprint density at radius 2 is 2.12 bits per heavy atom. The zero-order valence-corrected chi connectivity index (χ0v) is 10.0. The molecule has 5 heteroatoms. The SMILES string of the molecule is CC1COCCN1C(=O)CC(C)(C)C(=O)O. The molecule has 1 unspecified atom stereocenters. The third kappa shape index (κ3) is 2.95. The number of aliphatic carboxylic acids is 1. The summed E-state index contributed by atoms with van der Waals surface area (Å²) in [5.74, 6) is -1.05. The normalized spacial score (nSPS) is 21.9. The number of amides is 1. The molecule has 1 atom stereocenters. The third-order valence-electron chi connectivity index (χ3n) is 2.86. The van der Waals surface area contributed by atoms with Gasteiger partial charge in [-0.2, -0.15) is 0 Å². The minimum atomic E-state index is -1.00. The Kier molecular flexibility index (Phi) is 3.91. The van der Waals surface area contributed by atoms with Crippen molar-refractivity contribution in [2.24, 2.45) is 5.41 Å². The number of carboxylic acid groups (broad SMARTS) is 1. The number of morpholine rings is 1. The zero-order valence-electron chi connectivity index (χ0n) is 10.0. The van der Waals surface area contributed by atoms with Crippen molar-refractivity contribution in [3.63, 3.8) is 0 Å². The van der Waals surface area contributed by atoms with Gasteiger partial charge in [0.1, 0.15) is 0 Å². The lowest BCUT2D eigenvalue weighted by Crippen LogP contribution is -2.48. The molecule has 1 N–H and O–H groups in total. The Morgan fingerprint density at radius 3 is 2.62 bits per heavy atom. The molecule has 1 heterocycles. The van der Waals surface area contributed by atoms with E-state index >= 15 is 0 Å². The standard InChI is InChI=1S/C11H19NO4/c1-8-7-16-5-4-12(8)9(13)6-11(2,3)10(14)15/h8H,4-7H2,1-3H3,(H,14,15). The molecule has 0 aromatic heterocycles. The first-order chi connectivity index (χ1) is 7.34. The summed E-state index contributed by atoms with van der Waals surface area (Å²) in [6, 6.07) is 0.0332. The van der Waals surface area contributed by atoms with Gasteiger partial charge >= 0.3 is 5.97 Å². The fraction of sp³-hybridized carbons (Fsp3) is 0.818. The Hall–Kier alpha value is -1.10. The maximum absolute atomic E-state index is 11.9. The summed E-state index contributed by atoms with van der Waals surface area (Å²) < 4.78 is 5.23. The van der Waals surface area contributed by atoms with Crippen LogP contribution in [0, 0.1) is 5.41 Å². The highest BCUT2D eigenvalue weighted by atomic mass is 16.5. The second kappa shape index (κ2) is 4.82. The molecule has 1 fully saturated rings. The summed E-state index contributed by atoms with van der Waals surface area (Å²) in [7, 11) is 0. The van der Waals surface area contributed by atoms with Gasteiger partial charge in [-0.15, -0.1) is 0 Å². The molecule has 0 spiro atoms.